The Morgan fingerprint density at radius 3 is 2.10 bits per heavy atom. The van der Waals surface area contributed by atoms with Gasteiger partial charge in [0.15, 0.2) is 0 Å². The maximum absolute atomic E-state index is 12.7. The van der Waals surface area contributed by atoms with E-state index >= 15 is 0 Å². The molecule has 4 fully saturated rings. The van der Waals surface area contributed by atoms with E-state index in [1.54, 1.807) is 0 Å². The van der Waals surface area contributed by atoms with Crippen molar-refractivity contribution in [1.82, 2.24) is 0 Å². The third-order valence-corrected chi connectivity index (χ3v) is 15.6. The van der Waals surface area contributed by atoms with Crippen LogP contribution in [0.25, 0.3) is 0 Å². The molecule has 5 heteroatoms. The van der Waals surface area contributed by atoms with Gasteiger partial charge in [-0.25, -0.2) is 0 Å². The first-order chi connectivity index (χ1) is 25.2. The Morgan fingerprint density at radius 1 is 0.788 bits per heavy atom. The number of carbonyl (C=O) groups excluding carboxylic acids is 1. The molecule has 9 atom stereocenters. The van der Waals surface area contributed by atoms with Crippen LogP contribution in [0.2, 0.25) is 0 Å². The highest BCUT2D eigenvalue weighted by atomic mass is 16.5. The van der Waals surface area contributed by atoms with Crippen molar-refractivity contribution in [2.45, 2.75) is 201 Å². The van der Waals surface area contributed by atoms with Crippen LogP contribution in [-0.2, 0) is 20.9 Å². The second kappa shape index (κ2) is 20.2. The first-order valence-corrected chi connectivity index (χ1v) is 22.6. The third-order valence-electron chi connectivity index (χ3n) is 15.6. The van der Waals surface area contributed by atoms with Gasteiger partial charge in [0.05, 0.1) is 19.3 Å². The molecule has 4 N–H and O–H groups in total. The highest BCUT2D eigenvalue weighted by Gasteiger charge is 2.60. The quantitative estimate of drug-likeness (QED) is 0.0707. The van der Waals surface area contributed by atoms with Gasteiger partial charge in [0, 0.05) is 23.4 Å². The van der Waals surface area contributed by atoms with E-state index in [9.17, 15) is 4.79 Å². The fourth-order valence-corrected chi connectivity index (χ4v) is 12.4. The maximum Gasteiger partial charge on any atom is 0.305 e. The summed E-state index contributed by atoms with van der Waals surface area (Å²) < 4.78 is 12.2. The van der Waals surface area contributed by atoms with Gasteiger partial charge in [-0.1, -0.05) is 117 Å². The molecule has 1 aromatic carbocycles. The van der Waals surface area contributed by atoms with Gasteiger partial charge in [0.1, 0.15) is 0 Å². The predicted octanol–water partition coefficient (Wildman–Crippen LogP) is 12.8. The molecule has 0 spiro atoms. The van der Waals surface area contributed by atoms with Crippen molar-refractivity contribution in [3.63, 3.8) is 0 Å². The van der Waals surface area contributed by atoms with Crippen molar-refractivity contribution in [3.05, 3.63) is 23.8 Å². The molecule has 1 aromatic rings. The van der Waals surface area contributed by atoms with Gasteiger partial charge >= 0.3 is 5.97 Å². The zero-order valence-corrected chi connectivity index (χ0v) is 34.2. The zero-order chi connectivity index (χ0) is 37.0. The highest BCUT2D eigenvalue weighted by molar-refractivity contribution is 5.69. The summed E-state index contributed by atoms with van der Waals surface area (Å²) in [6.07, 6.45) is 32.8. The molecule has 2 unspecified atom stereocenters. The van der Waals surface area contributed by atoms with E-state index in [4.69, 9.17) is 20.9 Å². The van der Waals surface area contributed by atoms with Gasteiger partial charge in [-0.3, -0.25) is 4.79 Å². The first-order valence-electron chi connectivity index (χ1n) is 22.6. The Balaban J connectivity index is 0.955. The van der Waals surface area contributed by atoms with E-state index < -0.39 is 0 Å². The summed E-state index contributed by atoms with van der Waals surface area (Å²) in [5.41, 5.74) is 15.5. The van der Waals surface area contributed by atoms with Crippen LogP contribution < -0.4 is 11.5 Å². The average Bonchev–Trinajstić information content (AvgIpc) is 3.49. The molecule has 4 aliphatic rings. The van der Waals surface area contributed by atoms with Crippen LogP contribution in [0, 0.1) is 46.3 Å². The molecular weight excluding hydrogens is 641 g/mol. The van der Waals surface area contributed by atoms with Gasteiger partial charge in [-0.15, -0.1) is 0 Å². The van der Waals surface area contributed by atoms with Gasteiger partial charge < -0.3 is 20.9 Å². The van der Waals surface area contributed by atoms with Crippen molar-refractivity contribution in [2.75, 3.05) is 18.1 Å². The minimum absolute atomic E-state index is 0.0349. The van der Waals surface area contributed by atoms with Crippen LogP contribution in [0.15, 0.2) is 18.2 Å². The summed E-state index contributed by atoms with van der Waals surface area (Å²) >= 11 is 0. The molecule has 0 amide bonds. The van der Waals surface area contributed by atoms with E-state index in [-0.39, 0.29) is 5.97 Å². The lowest BCUT2D eigenvalue weighted by molar-refractivity contribution is -0.145. The second-order valence-corrected chi connectivity index (χ2v) is 18.9. The minimum Gasteiger partial charge on any atom is -0.466 e. The predicted molar refractivity (Wildman–Crippen MR) is 219 cm³/mol. The number of nitrogen functional groups attached to an aromatic ring is 2. The number of unbranched alkanes of at least 4 members (excludes halogenated alkanes) is 13. The second-order valence-electron chi connectivity index (χ2n) is 18.9. The average molecular weight is 721 g/mol. The smallest absolute Gasteiger partial charge is 0.305 e. The van der Waals surface area contributed by atoms with Crippen molar-refractivity contribution >= 4 is 17.3 Å². The van der Waals surface area contributed by atoms with Crippen LogP contribution in [-0.4, -0.2) is 18.7 Å². The Morgan fingerprint density at radius 2 is 1.42 bits per heavy atom. The molecule has 0 radical (unpaired) electrons. The van der Waals surface area contributed by atoms with Gasteiger partial charge in [-0.2, -0.15) is 0 Å². The Kier molecular flexibility index (Phi) is 16.1. The topological polar surface area (TPSA) is 87.6 Å². The monoisotopic (exact) mass is 721 g/mol. The molecular formula is C47H80N2O3. The van der Waals surface area contributed by atoms with Crippen LogP contribution in [0.3, 0.4) is 0 Å². The number of ether oxygens (including phenoxy) is 2. The number of benzene rings is 1. The summed E-state index contributed by atoms with van der Waals surface area (Å²) in [7, 11) is 0. The normalized spacial score (nSPS) is 31.8. The summed E-state index contributed by atoms with van der Waals surface area (Å²) in [6.45, 7) is 11.2. The van der Waals surface area contributed by atoms with E-state index in [0.717, 1.165) is 53.7 Å². The van der Waals surface area contributed by atoms with Crippen LogP contribution >= 0.6 is 0 Å². The summed E-state index contributed by atoms with van der Waals surface area (Å²) in [5, 5.41) is 0. The van der Waals surface area contributed by atoms with E-state index in [2.05, 4.69) is 27.7 Å². The van der Waals surface area contributed by atoms with Gasteiger partial charge in [-0.05, 0) is 129 Å². The molecule has 296 valence electrons. The van der Waals surface area contributed by atoms with E-state index in [1.165, 1.54) is 141 Å². The number of nitrogens with two attached hydrogens (primary N) is 2. The lowest BCUT2D eigenvalue weighted by Crippen LogP contribution is -2.54. The first kappa shape index (κ1) is 41.4. The lowest BCUT2D eigenvalue weighted by Gasteiger charge is -2.61. The number of anilines is 2. The fourth-order valence-electron chi connectivity index (χ4n) is 12.4. The summed E-state index contributed by atoms with van der Waals surface area (Å²) in [4.78, 5) is 12.7. The van der Waals surface area contributed by atoms with Crippen molar-refractivity contribution in [3.8, 4) is 0 Å². The van der Waals surface area contributed by atoms with Crippen LogP contribution in [0.5, 0.6) is 0 Å². The minimum atomic E-state index is 0.0349. The number of hydrogen-bond donors (Lipinski definition) is 2. The number of hydrogen-bond acceptors (Lipinski definition) is 5. The molecule has 0 aliphatic heterocycles. The Labute approximate surface area is 319 Å². The molecule has 4 aliphatic carbocycles. The van der Waals surface area contributed by atoms with Gasteiger partial charge in [0.25, 0.3) is 0 Å². The van der Waals surface area contributed by atoms with Crippen LogP contribution in [0.4, 0.5) is 11.4 Å². The molecule has 5 rings (SSSR count). The molecule has 5 nitrogen and oxygen atoms in total. The number of esters is 1. The Hall–Kier alpha value is -1.75. The van der Waals surface area contributed by atoms with Crippen molar-refractivity contribution in [1.29, 1.82) is 0 Å². The maximum atomic E-state index is 12.7. The highest BCUT2D eigenvalue weighted by Crippen LogP contribution is 2.68. The SMILES string of the molecule is CCCCCCCCCCCCCCCCOC(=O)CC[C@@H](C)[C@H]1CC[C@H]2[C@@H]3CCC4CC(OCc5ccc(N)cc5N)CC[C@]4(C)[C@H]3CC[C@]12C. The van der Waals surface area contributed by atoms with Gasteiger partial charge in [0.2, 0.25) is 0 Å². The van der Waals surface area contributed by atoms with Crippen molar-refractivity contribution in [2.24, 2.45) is 46.3 Å². The number of fused-ring (bicyclic) bond motifs is 5. The summed E-state index contributed by atoms with van der Waals surface area (Å²) in [5.74, 6) is 4.73. The van der Waals surface area contributed by atoms with Crippen LogP contribution in [0.1, 0.15) is 194 Å². The van der Waals surface area contributed by atoms with Crippen molar-refractivity contribution < 1.29 is 14.3 Å². The molecule has 4 saturated carbocycles. The van der Waals surface area contributed by atoms with E-state index in [1.807, 2.05) is 18.2 Å². The fraction of sp³-hybridized carbons (Fsp3) is 0.851. The largest absolute Gasteiger partial charge is 0.466 e. The standard InChI is InChI=1S/C47H80N2O3/c1-5-6-7-8-9-10-11-12-13-14-15-16-17-18-31-51-45(50)26-19-35(2)41-24-25-42-40-23-21-37-32-39(52-34-36-20-22-38(48)33-44(36)49)27-29-46(37,3)43(40)28-30-47(41,42)4/h20,22,33,35,37,39-43H,5-19,21,23-32,34,48-49H2,1-4H3/t35-,37?,39?,40+,41-,42+,43+,46+,47-/m1/s1. The molecule has 0 saturated heterocycles. The van der Waals surface area contributed by atoms with E-state index in [0.29, 0.717) is 48.2 Å². The Bertz CT molecular complexity index is 1220. The molecule has 52 heavy (non-hydrogen) atoms. The zero-order valence-electron chi connectivity index (χ0n) is 34.2. The molecule has 0 heterocycles. The number of carbonyl (C=O) groups is 1. The number of rotatable bonds is 22. The third kappa shape index (κ3) is 10.7. The summed E-state index contributed by atoms with van der Waals surface area (Å²) in [6, 6.07) is 5.79. The molecule has 0 aromatic heterocycles. The lowest BCUT2D eigenvalue weighted by atomic mass is 9.44. The molecule has 0 bridgehead atoms.